The van der Waals surface area contributed by atoms with Crippen LogP contribution < -0.4 is 9.30 Å². The van der Waals surface area contributed by atoms with Gasteiger partial charge in [0.05, 0.1) is 10.9 Å². The Hall–Kier alpha value is -2.87. The maximum atomic E-state index is 6.81. The molecule has 2 heterocycles. The van der Waals surface area contributed by atoms with Gasteiger partial charge in [0, 0.05) is 11.6 Å². The largest absolute Gasteiger partial charge is 0.455 e. The molecule has 1 aliphatic heterocycles. The Morgan fingerprint density at radius 3 is 2.52 bits per heavy atom. The third kappa shape index (κ3) is 3.18. The maximum Gasteiger partial charge on any atom is 0.228 e. The molecule has 0 saturated heterocycles. The topological polar surface area (TPSA) is 13.1 Å². The Labute approximate surface area is 197 Å². The monoisotopic (exact) mass is 436 g/mol. The van der Waals surface area contributed by atoms with Crippen LogP contribution in [0.2, 0.25) is 0 Å². The zero-order valence-electron chi connectivity index (χ0n) is 20.6. The fourth-order valence-electron chi connectivity index (χ4n) is 6.33. The number of benzene rings is 3. The first-order valence-corrected chi connectivity index (χ1v) is 12.6. The zero-order valence-corrected chi connectivity index (χ0v) is 20.6. The van der Waals surface area contributed by atoms with Gasteiger partial charge in [-0.05, 0) is 83.9 Å². The highest BCUT2D eigenvalue weighted by Crippen LogP contribution is 2.51. The van der Waals surface area contributed by atoms with Crippen LogP contribution in [-0.4, -0.2) is 0 Å². The van der Waals surface area contributed by atoms with Crippen LogP contribution in [0.4, 0.5) is 0 Å². The Kier molecular flexibility index (Phi) is 4.76. The van der Waals surface area contributed by atoms with E-state index in [2.05, 4.69) is 81.9 Å². The fourth-order valence-corrected chi connectivity index (χ4v) is 6.33. The van der Waals surface area contributed by atoms with Crippen molar-refractivity contribution in [3.63, 3.8) is 0 Å². The first-order valence-electron chi connectivity index (χ1n) is 12.6. The van der Waals surface area contributed by atoms with E-state index in [1.807, 2.05) is 0 Å². The summed E-state index contributed by atoms with van der Waals surface area (Å²) in [5.74, 6) is 3.39. The number of hydrogen-bond donors (Lipinski definition) is 0. The molecule has 1 aromatic heterocycles. The first-order chi connectivity index (χ1) is 15.9. The average molecular weight is 437 g/mol. The molecule has 4 aromatic rings. The number of fused-ring (bicyclic) bond motifs is 3. The first kappa shape index (κ1) is 20.7. The molecule has 2 nitrogen and oxygen atoms in total. The third-order valence-corrected chi connectivity index (χ3v) is 7.98. The van der Waals surface area contributed by atoms with E-state index < -0.39 is 0 Å². The summed E-state index contributed by atoms with van der Waals surface area (Å²) in [7, 11) is 2.17. The number of pyridine rings is 1. The highest BCUT2D eigenvalue weighted by atomic mass is 16.5. The van der Waals surface area contributed by atoms with Gasteiger partial charge in [0.25, 0.3) is 0 Å². The van der Waals surface area contributed by atoms with Crippen LogP contribution in [0.1, 0.15) is 67.7 Å². The molecule has 168 valence electrons. The van der Waals surface area contributed by atoms with Gasteiger partial charge in [-0.2, -0.15) is 0 Å². The van der Waals surface area contributed by atoms with Crippen molar-refractivity contribution in [3.8, 4) is 22.8 Å². The van der Waals surface area contributed by atoms with Crippen molar-refractivity contribution in [1.82, 2.24) is 0 Å². The summed E-state index contributed by atoms with van der Waals surface area (Å²) in [5.41, 5.74) is 7.99. The van der Waals surface area contributed by atoms with Crippen molar-refractivity contribution in [3.05, 3.63) is 64.8 Å². The van der Waals surface area contributed by atoms with Gasteiger partial charge in [-0.1, -0.05) is 51.0 Å². The highest BCUT2D eigenvalue weighted by molar-refractivity contribution is 6.06. The zero-order chi connectivity index (χ0) is 22.9. The van der Waals surface area contributed by atoms with Crippen LogP contribution in [0, 0.1) is 19.8 Å². The second kappa shape index (κ2) is 7.58. The van der Waals surface area contributed by atoms with Gasteiger partial charge in [-0.3, -0.25) is 0 Å². The van der Waals surface area contributed by atoms with Gasteiger partial charge in [-0.15, -0.1) is 0 Å². The molecule has 0 amide bonds. The summed E-state index contributed by atoms with van der Waals surface area (Å²) >= 11 is 0. The van der Waals surface area contributed by atoms with E-state index in [1.54, 1.807) is 0 Å². The molecule has 6 rings (SSSR count). The third-order valence-electron chi connectivity index (χ3n) is 7.98. The molecule has 1 aliphatic carbocycles. The quantitative estimate of drug-likeness (QED) is 0.261. The SMILES string of the molecule is Cc1c2c(c(C)c3cc(CC(C)C)ccc13)-c1c3c(cc(C4CCCC4)cc3cc[n+]1C)O2. The van der Waals surface area contributed by atoms with Gasteiger partial charge >= 0.3 is 0 Å². The van der Waals surface area contributed by atoms with Gasteiger partial charge in [0.15, 0.2) is 6.20 Å². The Bertz CT molecular complexity index is 1420. The van der Waals surface area contributed by atoms with Crippen molar-refractivity contribution in [2.75, 3.05) is 0 Å². The molecule has 1 fully saturated rings. The minimum Gasteiger partial charge on any atom is -0.455 e. The van der Waals surface area contributed by atoms with E-state index in [0.717, 1.165) is 17.9 Å². The van der Waals surface area contributed by atoms with Crippen LogP contribution in [-0.2, 0) is 13.5 Å². The molecule has 0 radical (unpaired) electrons. The van der Waals surface area contributed by atoms with Gasteiger partial charge in [0.2, 0.25) is 5.69 Å². The van der Waals surface area contributed by atoms with E-state index in [1.165, 1.54) is 80.7 Å². The maximum absolute atomic E-state index is 6.81. The van der Waals surface area contributed by atoms with E-state index in [4.69, 9.17) is 4.74 Å². The standard InChI is InChI=1S/C31H34NO/c1-18(2)14-21-10-11-25-20(4)31-28(19(3)26(25)15-21)30-29-23(12-13-32(30)5)16-24(17-27(29)33-31)22-8-6-7-9-22/h10-13,15-18,22H,6-9,14H2,1-5H3/q+1. The Morgan fingerprint density at radius 2 is 1.76 bits per heavy atom. The van der Waals surface area contributed by atoms with E-state index in [0.29, 0.717) is 11.8 Å². The predicted molar refractivity (Wildman–Crippen MR) is 137 cm³/mol. The fraction of sp³-hybridized carbons (Fsp3) is 0.387. The van der Waals surface area contributed by atoms with Gasteiger partial charge < -0.3 is 4.74 Å². The predicted octanol–water partition coefficient (Wildman–Crippen LogP) is 8.06. The van der Waals surface area contributed by atoms with Crippen molar-refractivity contribution in [2.24, 2.45) is 13.0 Å². The van der Waals surface area contributed by atoms with Crippen LogP contribution in [0.25, 0.3) is 32.8 Å². The van der Waals surface area contributed by atoms with Crippen molar-refractivity contribution in [1.29, 1.82) is 0 Å². The lowest BCUT2D eigenvalue weighted by molar-refractivity contribution is -0.659. The second-order valence-corrected chi connectivity index (χ2v) is 10.8. The smallest absolute Gasteiger partial charge is 0.228 e. The summed E-state index contributed by atoms with van der Waals surface area (Å²) in [6.07, 6.45) is 8.63. The molecule has 2 aliphatic rings. The second-order valence-electron chi connectivity index (χ2n) is 10.8. The van der Waals surface area contributed by atoms with E-state index >= 15 is 0 Å². The number of ether oxygens (including phenoxy) is 1. The molecule has 2 heteroatoms. The summed E-state index contributed by atoms with van der Waals surface area (Å²) in [6.45, 7) is 9.09. The summed E-state index contributed by atoms with van der Waals surface area (Å²) in [5, 5.41) is 5.23. The average Bonchev–Trinajstić information content (AvgIpc) is 3.33. The lowest BCUT2D eigenvalue weighted by Crippen LogP contribution is -2.32. The minimum atomic E-state index is 0.650. The van der Waals surface area contributed by atoms with Crippen molar-refractivity contribution >= 4 is 21.5 Å². The molecule has 1 saturated carbocycles. The summed E-state index contributed by atoms with van der Waals surface area (Å²) in [6, 6.07) is 14.1. The molecule has 0 N–H and O–H groups in total. The molecule has 0 bridgehead atoms. The molecule has 0 unspecified atom stereocenters. The molecule has 3 aromatic carbocycles. The van der Waals surface area contributed by atoms with Crippen LogP contribution in [0.15, 0.2) is 42.6 Å². The molecule has 0 spiro atoms. The highest BCUT2D eigenvalue weighted by Gasteiger charge is 2.33. The lowest BCUT2D eigenvalue weighted by Gasteiger charge is -2.25. The van der Waals surface area contributed by atoms with E-state index in [9.17, 15) is 0 Å². The van der Waals surface area contributed by atoms with Gasteiger partial charge in [0.1, 0.15) is 18.5 Å². The molecular formula is C31H34NO+. The van der Waals surface area contributed by atoms with Gasteiger partial charge in [-0.25, -0.2) is 4.57 Å². The number of aryl methyl sites for hydroxylation is 3. The van der Waals surface area contributed by atoms with Crippen LogP contribution >= 0.6 is 0 Å². The number of rotatable bonds is 3. The number of aromatic nitrogens is 1. The Morgan fingerprint density at radius 1 is 0.970 bits per heavy atom. The molecule has 33 heavy (non-hydrogen) atoms. The van der Waals surface area contributed by atoms with E-state index in [-0.39, 0.29) is 0 Å². The molecule has 0 atom stereocenters. The summed E-state index contributed by atoms with van der Waals surface area (Å²) in [4.78, 5) is 0. The number of hydrogen-bond acceptors (Lipinski definition) is 1. The number of nitrogens with zero attached hydrogens (tertiary/aromatic N) is 1. The normalized spacial score (nSPS) is 15.5. The summed E-state index contributed by atoms with van der Waals surface area (Å²) < 4.78 is 9.10. The lowest BCUT2D eigenvalue weighted by atomic mass is 9.86. The van der Waals surface area contributed by atoms with Crippen LogP contribution in [0.3, 0.4) is 0 Å². The van der Waals surface area contributed by atoms with Crippen LogP contribution in [0.5, 0.6) is 11.5 Å². The minimum absolute atomic E-state index is 0.650. The Balaban J connectivity index is 1.64. The van der Waals surface area contributed by atoms with Crippen molar-refractivity contribution in [2.45, 2.75) is 65.7 Å². The van der Waals surface area contributed by atoms with Crippen molar-refractivity contribution < 1.29 is 9.30 Å². The molecular weight excluding hydrogens is 402 g/mol.